The van der Waals surface area contributed by atoms with Crippen LogP contribution < -0.4 is 10.7 Å². The van der Waals surface area contributed by atoms with Gasteiger partial charge < -0.3 is 20.1 Å². The Morgan fingerprint density at radius 2 is 1.88 bits per heavy atom. The number of ether oxygens (including phenoxy) is 1. The van der Waals surface area contributed by atoms with Crippen LogP contribution in [-0.2, 0) is 10.5 Å². The number of aliphatic hydroxyl groups excluding tert-OH is 3. The molecule has 0 spiro atoms. The molecule has 1 fully saturated rings. The van der Waals surface area contributed by atoms with E-state index in [1.807, 2.05) is 4.98 Å². The SMILES string of the molecule is O=c1[nH]c(N([N+](=O)[O-])[N+](=O)[O-])nc2c1ncn2[C@]1(c2ccccc2)O[C@H](CO)[C@@H](O)[C@H]1O. The predicted molar refractivity (Wildman–Crippen MR) is 102 cm³/mol. The largest absolute Gasteiger partial charge is 0.394 e. The van der Waals surface area contributed by atoms with Crippen molar-refractivity contribution in [2.24, 2.45) is 0 Å². The van der Waals surface area contributed by atoms with Crippen LogP contribution in [0.4, 0.5) is 5.95 Å². The fourth-order valence-electron chi connectivity index (χ4n) is 3.65. The van der Waals surface area contributed by atoms with E-state index in [1.54, 1.807) is 18.2 Å². The van der Waals surface area contributed by atoms with Crippen molar-refractivity contribution in [3.63, 3.8) is 0 Å². The van der Waals surface area contributed by atoms with E-state index < -0.39 is 63.0 Å². The van der Waals surface area contributed by atoms with Gasteiger partial charge in [-0.25, -0.2) is 25.2 Å². The molecule has 1 aromatic carbocycles. The van der Waals surface area contributed by atoms with Gasteiger partial charge in [-0.2, -0.15) is 4.98 Å². The van der Waals surface area contributed by atoms with Gasteiger partial charge in [0.05, 0.1) is 6.61 Å². The van der Waals surface area contributed by atoms with Crippen LogP contribution in [0.15, 0.2) is 41.5 Å². The number of hydrogen-bond donors (Lipinski definition) is 4. The Hall–Kier alpha value is -3.99. The molecule has 0 radical (unpaired) electrons. The molecule has 16 heteroatoms. The predicted octanol–water partition coefficient (Wildman–Crippen LogP) is -1.88. The molecule has 0 saturated carbocycles. The second-order valence-electron chi connectivity index (χ2n) is 6.78. The van der Waals surface area contributed by atoms with Crippen LogP contribution in [0.2, 0.25) is 0 Å². The van der Waals surface area contributed by atoms with Crippen molar-refractivity contribution < 1.29 is 30.1 Å². The molecule has 1 aliphatic rings. The first kappa shape index (κ1) is 21.2. The topological polar surface area (TPSA) is 223 Å². The number of hydrazine groups is 2. The van der Waals surface area contributed by atoms with Gasteiger partial charge in [-0.05, 0) is 0 Å². The summed E-state index contributed by atoms with van der Waals surface area (Å²) < 4.78 is 6.86. The highest BCUT2D eigenvalue weighted by Crippen LogP contribution is 2.42. The van der Waals surface area contributed by atoms with Crippen molar-refractivity contribution in [2.45, 2.75) is 24.0 Å². The minimum Gasteiger partial charge on any atom is -0.394 e. The number of nitrogens with one attached hydrogen (secondary N) is 1. The lowest BCUT2D eigenvalue weighted by Crippen LogP contribution is -2.46. The average Bonchev–Trinajstić information content (AvgIpc) is 3.29. The van der Waals surface area contributed by atoms with Crippen molar-refractivity contribution in [1.29, 1.82) is 0 Å². The number of hydrogen-bond acceptors (Lipinski definition) is 11. The fourth-order valence-corrected chi connectivity index (χ4v) is 3.65. The smallest absolute Gasteiger partial charge is 0.349 e. The average molecular weight is 449 g/mol. The van der Waals surface area contributed by atoms with E-state index in [2.05, 4.69) is 9.97 Å². The van der Waals surface area contributed by atoms with E-state index in [0.29, 0.717) is 0 Å². The Morgan fingerprint density at radius 3 is 2.44 bits per heavy atom. The summed E-state index contributed by atoms with van der Waals surface area (Å²) in [6.07, 6.45) is -3.51. The monoisotopic (exact) mass is 449 g/mol. The summed E-state index contributed by atoms with van der Waals surface area (Å²) in [5, 5.41) is 49.8. The van der Waals surface area contributed by atoms with Gasteiger partial charge in [0.15, 0.2) is 11.2 Å². The molecule has 0 unspecified atom stereocenters. The number of aliphatic hydroxyl groups is 3. The molecular formula is C16H15N7O9. The number of nitro groups is 2. The van der Waals surface area contributed by atoms with E-state index in [0.717, 1.165) is 10.9 Å². The van der Waals surface area contributed by atoms with Crippen molar-refractivity contribution in [1.82, 2.24) is 19.5 Å². The maximum Gasteiger partial charge on any atom is 0.349 e. The maximum atomic E-state index is 12.4. The molecule has 0 bridgehead atoms. The third-order valence-electron chi connectivity index (χ3n) is 5.05. The minimum atomic E-state index is -1.98. The summed E-state index contributed by atoms with van der Waals surface area (Å²) in [4.78, 5) is 44.3. The Morgan fingerprint density at radius 1 is 1.22 bits per heavy atom. The second-order valence-corrected chi connectivity index (χ2v) is 6.78. The summed E-state index contributed by atoms with van der Waals surface area (Å²) in [5.41, 5.74) is -3.53. The summed E-state index contributed by atoms with van der Waals surface area (Å²) in [6.45, 7) is -0.672. The maximum absolute atomic E-state index is 12.4. The molecule has 0 amide bonds. The number of aromatic nitrogens is 4. The molecule has 4 rings (SSSR count). The van der Waals surface area contributed by atoms with E-state index in [9.17, 15) is 40.3 Å². The Labute approximate surface area is 176 Å². The van der Waals surface area contributed by atoms with Gasteiger partial charge in [0.2, 0.25) is 20.9 Å². The molecule has 1 saturated heterocycles. The van der Waals surface area contributed by atoms with E-state index >= 15 is 0 Å². The zero-order valence-corrected chi connectivity index (χ0v) is 15.9. The first-order chi connectivity index (χ1) is 15.2. The zero-order chi connectivity index (χ0) is 23.2. The van der Waals surface area contributed by atoms with Crippen LogP contribution in [0.3, 0.4) is 0 Å². The highest BCUT2D eigenvalue weighted by atomic mass is 16.8. The quantitative estimate of drug-likeness (QED) is 0.240. The number of H-pyrrole nitrogens is 1. The van der Waals surface area contributed by atoms with E-state index in [4.69, 9.17) is 4.74 Å². The molecule has 0 aliphatic carbocycles. The van der Waals surface area contributed by atoms with Gasteiger partial charge in [0.25, 0.3) is 5.56 Å². The molecule has 1 aliphatic heterocycles. The molecule has 3 heterocycles. The van der Waals surface area contributed by atoms with Crippen LogP contribution in [0.5, 0.6) is 0 Å². The molecule has 168 valence electrons. The van der Waals surface area contributed by atoms with Gasteiger partial charge in [-0.15, -0.1) is 0 Å². The third kappa shape index (κ3) is 2.97. The molecule has 2 aromatic heterocycles. The Kier molecular flexibility index (Phi) is 5.05. The molecule has 32 heavy (non-hydrogen) atoms. The first-order valence-corrected chi connectivity index (χ1v) is 8.99. The van der Waals surface area contributed by atoms with E-state index in [1.165, 1.54) is 12.1 Å². The first-order valence-electron chi connectivity index (χ1n) is 8.99. The van der Waals surface area contributed by atoms with Gasteiger partial charge in [0, 0.05) is 5.56 Å². The summed E-state index contributed by atoms with van der Waals surface area (Å²) in [7, 11) is 0. The number of nitrogens with zero attached hydrogens (tertiary/aromatic N) is 6. The zero-order valence-electron chi connectivity index (χ0n) is 15.9. The number of benzene rings is 1. The third-order valence-corrected chi connectivity index (χ3v) is 5.05. The van der Waals surface area contributed by atoms with Crippen LogP contribution >= 0.6 is 0 Å². The molecule has 3 aromatic rings. The van der Waals surface area contributed by atoms with Gasteiger partial charge in [0.1, 0.15) is 24.6 Å². The van der Waals surface area contributed by atoms with Crippen molar-refractivity contribution in [3.05, 3.63) is 72.8 Å². The van der Waals surface area contributed by atoms with Gasteiger partial charge in [-0.1, -0.05) is 30.3 Å². The fraction of sp³-hybridized carbons (Fsp3) is 0.312. The minimum absolute atomic E-state index is 0.255. The molecule has 16 nitrogen and oxygen atoms in total. The highest BCUT2D eigenvalue weighted by molar-refractivity contribution is 5.71. The summed E-state index contributed by atoms with van der Waals surface area (Å²) in [5.74, 6) is -1.03. The van der Waals surface area contributed by atoms with Gasteiger partial charge in [-0.3, -0.25) is 14.3 Å². The van der Waals surface area contributed by atoms with Gasteiger partial charge >= 0.3 is 5.95 Å². The highest BCUT2D eigenvalue weighted by Gasteiger charge is 2.57. The molecule has 4 N–H and O–H groups in total. The molecular weight excluding hydrogens is 434 g/mol. The second kappa shape index (κ2) is 7.61. The van der Waals surface area contributed by atoms with E-state index in [-0.39, 0.29) is 11.1 Å². The standard InChI is InChI=1S/C16H15N7O9/c24-6-9-11(25)12(26)16(32-9,8-4-2-1-3-5-8)20-7-17-10-13(20)18-15(19-14(10)27)21(22(28)29)23(30)31/h1-5,7,9,11-12,24-26H,6H2,(H,18,19,27)/t9-,11-,12-,16-/m1/s1. The lowest BCUT2D eigenvalue weighted by Gasteiger charge is -2.34. The summed E-state index contributed by atoms with van der Waals surface area (Å²) in [6, 6.07) is 7.90. The van der Waals surface area contributed by atoms with Crippen LogP contribution in [0.1, 0.15) is 5.56 Å². The van der Waals surface area contributed by atoms with Crippen LogP contribution in [-0.4, -0.2) is 69.8 Å². The number of aromatic amines is 1. The number of rotatable bonds is 6. The Bertz CT molecular complexity index is 1230. The lowest BCUT2D eigenvalue weighted by atomic mass is 9.94. The van der Waals surface area contributed by atoms with Crippen molar-refractivity contribution in [3.8, 4) is 0 Å². The van der Waals surface area contributed by atoms with Crippen LogP contribution in [0.25, 0.3) is 11.2 Å². The number of fused-ring (bicyclic) bond motifs is 1. The van der Waals surface area contributed by atoms with Crippen molar-refractivity contribution >= 4 is 17.1 Å². The van der Waals surface area contributed by atoms with Crippen molar-refractivity contribution in [2.75, 3.05) is 11.7 Å². The lowest BCUT2D eigenvalue weighted by molar-refractivity contribution is -0.713. The summed E-state index contributed by atoms with van der Waals surface area (Å²) >= 11 is 0. The Balaban J connectivity index is 2.02. The normalized spacial score (nSPS) is 25.2. The number of anilines is 1. The number of imidazole rings is 1. The van der Waals surface area contributed by atoms with Crippen LogP contribution in [0, 0.1) is 20.2 Å². The molecule has 4 atom stereocenters.